The Morgan fingerprint density at radius 3 is 2.36 bits per heavy atom. The molecule has 3 amide bonds. The molecule has 4 aromatic rings. The number of para-hydroxylation sites is 1. The van der Waals surface area contributed by atoms with Crippen LogP contribution in [0.3, 0.4) is 0 Å². The van der Waals surface area contributed by atoms with Crippen LogP contribution in [-0.2, 0) is 6.54 Å². The Morgan fingerprint density at radius 2 is 1.67 bits per heavy atom. The van der Waals surface area contributed by atoms with Crippen molar-refractivity contribution >= 4 is 23.3 Å². The summed E-state index contributed by atoms with van der Waals surface area (Å²) in [6.07, 6.45) is -0.345. The second-order valence-electron chi connectivity index (χ2n) is 11.7. The molecule has 1 aliphatic heterocycles. The van der Waals surface area contributed by atoms with Gasteiger partial charge in [0, 0.05) is 31.2 Å². The van der Waals surface area contributed by atoms with Crippen LogP contribution in [0.4, 0.5) is 20.6 Å². The Balaban J connectivity index is 1.37. The van der Waals surface area contributed by atoms with Gasteiger partial charge >= 0.3 is 6.03 Å². The molecule has 8 nitrogen and oxygen atoms in total. The van der Waals surface area contributed by atoms with Crippen LogP contribution in [-0.4, -0.2) is 65.7 Å². The Hall–Kier alpha value is -4.73. The lowest BCUT2D eigenvalue weighted by Crippen LogP contribution is -2.49. The minimum Gasteiger partial charge on any atom is -0.486 e. The summed E-state index contributed by atoms with van der Waals surface area (Å²) in [5.74, 6) is -0.524. The molecule has 1 heterocycles. The molecule has 3 N–H and O–H groups in total. The minimum atomic E-state index is -0.561. The van der Waals surface area contributed by atoms with E-state index in [0.717, 1.165) is 11.1 Å². The first-order valence-corrected chi connectivity index (χ1v) is 15.1. The van der Waals surface area contributed by atoms with E-state index in [4.69, 9.17) is 4.74 Å². The van der Waals surface area contributed by atoms with Crippen molar-refractivity contribution in [2.75, 3.05) is 37.4 Å². The van der Waals surface area contributed by atoms with Gasteiger partial charge in [-0.05, 0) is 67.1 Å². The molecule has 0 saturated heterocycles. The Morgan fingerprint density at radius 1 is 0.978 bits per heavy atom. The van der Waals surface area contributed by atoms with Gasteiger partial charge in [-0.15, -0.1) is 0 Å². The van der Waals surface area contributed by atoms with Gasteiger partial charge in [0.1, 0.15) is 11.9 Å². The number of fused-ring (bicyclic) bond motifs is 1. The number of halogens is 1. The van der Waals surface area contributed by atoms with Crippen molar-refractivity contribution in [3.05, 3.63) is 114 Å². The van der Waals surface area contributed by atoms with Crippen LogP contribution in [0.25, 0.3) is 11.1 Å². The van der Waals surface area contributed by atoms with Crippen molar-refractivity contribution < 1.29 is 23.8 Å². The molecule has 0 fully saturated rings. The van der Waals surface area contributed by atoms with Crippen LogP contribution < -0.4 is 15.4 Å². The Kier molecular flexibility index (Phi) is 10.1. The topological polar surface area (TPSA) is 94.1 Å². The maximum absolute atomic E-state index is 13.8. The molecule has 234 valence electrons. The minimum absolute atomic E-state index is 0.0971. The maximum atomic E-state index is 13.8. The number of aliphatic hydroxyl groups is 1. The molecular formula is C36H39FN4O4. The molecule has 4 aromatic carbocycles. The van der Waals surface area contributed by atoms with Gasteiger partial charge in [-0.2, -0.15) is 0 Å². The number of carbonyl (C=O) groups is 2. The van der Waals surface area contributed by atoms with E-state index in [2.05, 4.69) is 51.9 Å². The first-order chi connectivity index (χ1) is 21.7. The standard InChI is InChI=1S/C36H39FN4O4/c1-24-20-41(25(2)23-42)35(43)31-10-7-11-32(39-36(44)38-30-18-16-29(37)17-19-30)34(31)45-33(24)22-40(3)21-26-12-14-28(15-13-26)27-8-5-4-6-9-27/h4-19,24-25,33,42H,20-23H2,1-3H3,(H2,38,39,44)/t24-,25-,33-/m0/s1. The van der Waals surface area contributed by atoms with E-state index in [1.165, 1.54) is 29.8 Å². The van der Waals surface area contributed by atoms with Crippen LogP contribution in [0.5, 0.6) is 5.75 Å². The normalized spacial score (nSPS) is 17.1. The second-order valence-corrected chi connectivity index (χ2v) is 11.7. The van der Waals surface area contributed by atoms with Gasteiger partial charge in [0.25, 0.3) is 5.91 Å². The van der Waals surface area contributed by atoms with Crippen LogP contribution in [0.1, 0.15) is 29.8 Å². The fourth-order valence-electron chi connectivity index (χ4n) is 5.49. The molecule has 0 unspecified atom stereocenters. The molecule has 0 saturated carbocycles. The number of anilines is 2. The molecule has 0 bridgehead atoms. The fraction of sp³-hybridized carbons (Fsp3) is 0.278. The van der Waals surface area contributed by atoms with Gasteiger partial charge < -0.3 is 25.4 Å². The zero-order chi connectivity index (χ0) is 31.9. The molecular weight excluding hydrogens is 571 g/mol. The number of benzene rings is 4. The van der Waals surface area contributed by atoms with Crippen molar-refractivity contribution in [1.29, 1.82) is 0 Å². The zero-order valence-electron chi connectivity index (χ0n) is 25.7. The molecule has 0 spiro atoms. The molecule has 0 aromatic heterocycles. The summed E-state index contributed by atoms with van der Waals surface area (Å²) >= 11 is 0. The molecule has 1 aliphatic rings. The summed E-state index contributed by atoms with van der Waals surface area (Å²) in [5.41, 5.74) is 4.52. The lowest BCUT2D eigenvalue weighted by Gasteiger charge is -2.38. The lowest BCUT2D eigenvalue weighted by atomic mass is 9.98. The number of hydrogen-bond donors (Lipinski definition) is 3. The van der Waals surface area contributed by atoms with E-state index in [9.17, 15) is 19.1 Å². The SMILES string of the molecule is C[C@H]1CN([C@@H](C)CO)C(=O)c2cccc(NC(=O)Nc3ccc(F)cc3)c2O[C@H]1CN(C)Cc1ccc(-c2ccccc2)cc1. The van der Waals surface area contributed by atoms with E-state index in [-0.39, 0.29) is 30.3 Å². The lowest BCUT2D eigenvalue weighted by molar-refractivity contribution is 0.0343. The zero-order valence-corrected chi connectivity index (χ0v) is 25.7. The van der Waals surface area contributed by atoms with Crippen LogP contribution in [0, 0.1) is 11.7 Å². The highest BCUT2D eigenvalue weighted by Crippen LogP contribution is 2.35. The predicted molar refractivity (Wildman–Crippen MR) is 175 cm³/mol. The first-order valence-electron chi connectivity index (χ1n) is 15.1. The predicted octanol–water partition coefficient (Wildman–Crippen LogP) is 6.49. The highest BCUT2D eigenvalue weighted by Gasteiger charge is 2.34. The molecule has 0 radical (unpaired) electrons. The molecule has 5 rings (SSSR count). The van der Waals surface area contributed by atoms with E-state index < -0.39 is 17.9 Å². The molecule has 3 atom stereocenters. The number of carbonyl (C=O) groups excluding carboxylic acids is 2. The largest absolute Gasteiger partial charge is 0.486 e. The van der Waals surface area contributed by atoms with Crippen LogP contribution in [0.2, 0.25) is 0 Å². The van der Waals surface area contributed by atoms with E-state index in [0.29, 0.717) is 36.6 Å². The highest BCUT2D eigenvalue weighted by molar-refractivity contribution is 6.04. The number of rotatable bonds is 9. The summed E-state index contributed by atoms with van der Waals surface area (Å²) in [6, 6.07) is 28.2. The summed E-state index contributed by atoms with van der Waals surface area (Å²) in [7, 11) is 2.03. The van der Waals surface area contributed by atoms with E-state index in [1.807, 2.05) is 39.1 Å². The monoisotopic (exact) mass is 610 g/mol. The van der Waals surface area contributed by atoms with Crippen molar-refractivity contribution in [3.63, 3.8) is 0 Å². The van der Waals surface area contributed by atoms with Gasteiger partial charge in [-0.3, -0.25) is 9.69 Å². The van der Waals surface area contributed by atoms with Gasteiger partial charge in [0.15, 0.2) is 5.75 Å². The number of aliphatic hydroxyl groups excluding tert-OH is 1. The summed E-state index contributed by atoms with van der Waals surface area (Å²) in [5, 5.41) is 15.5. The van der Waals surface area contributed by atoms with E-state index in [1.54, 1.807) is 23.1 Å². The molecule has 45 heavy (non-hydrogen) atoms. The second kappa shape index (κ2) is 14.4. The third-order valence-electron chi connectivity index (χ3n) is 8.05. The van der Waals surface area contributed by atoms with Crippen molar-refractivity contribution in [2.24, 2.45) is 5.92 Å². The summed E-state index contributed by atoms with van der Waals surface area (Å²) < 4.78 is 20.0. The molecule has 9 heteroatoms. The van der Waals surface area contributed by atoms with E-state index >= 15 is 0 Å². The number of hydrogen-bond acceptors (Lipinski definition) is 5. The average molecular weight is 611 g/mol. The quantitative estimate of drug-likeness (QED) is 0.202. The van der Waals surface area contributed by atoms with Crippen LogP contribution in [0.15, 0.2) is 97.1 Å². The molecule has 0 aliphatic carbocycles. The van der Waals surface area contributed by atoms with Crippen molar-refractivity contribution in [3.8, 4) is 16.9 Å². The summed E-state index contributed by atoms with van der Waals surface area (Å²) in [6.45, 7) is 5.28. The Bertz CT molecular complexity index is 1600. The van der Waals surface area contributed by atoms with Gasteiger partial charge in [0.05, 0.1) is 23.9 Å². The van der Waals surface area contributed by atoms with Crippen molar-refractivity contribution in [1.82, 2.24) is 9.80 Å². The smallest absolute Gasteiger partial charge is 0.323 e. The maximum Gasteiger partial charge on any atom is 0.323 e. The number of amides is 3. The Labute approximate surface area is 263 Å². The summed E-state index contributed by atoms with van der Waals surface area (Å²) in [4.78, 5) is 30.5. The van der Waals surface area contributed by atoms with Gasteiger partial charge in [-0.1, -0.05) is 67.6 Å². The third-order valence-corrected chi connectivity index (χ3v) is 8.05. The number of nitrogens with one attached hydrogen (secondary N) is 2. The van der Waals surface area contributed by atoms with Crippen LogP contribution >= 0.6 is 0 Å². The average Bonchev–Trinajstić information content (AvgIpc) is 3.04. The highest BCUT2D eigenvalue weighted by atomic mass is 19.1. The first kappa shape index (κ1) is 31.7. The number of ether oxygens (including phenoxy) is 1. The van der Waals surface area contributed by atoms with Crippen molar-refractivity contribution in [2.45, 2.75) is 32.5 Å². The number of likely N-dealkylation sites (N-methyl/N-ethyl adjacent to an activating group) is 1. The number of urea groups is 1. The van der Waals surface area contributed by atoms with Gasteiger partial charge in [0.2, 0.25) is 0 Å². The van der Waals surface area contributed by atoms with Gasteiger partial charge in [-0.25, -0.2) is 9.18 Å². The third kappa shape index (κ3) is 7.87. The fourth-order valence-corrected chi connectivity index (χ4v) is 5.49. The number of nitrogens with zero attached hydrogens (tertiary/aromatic N) is 2.